The summed E-state index contributed by atoms with van der Waals surface area (Å²) in [6.45, 7) is 2.73. The maximum Gasteiger partial charge on any atom is 0.121 e. The molecule has 2 heteroatoms. The van der Waals surface area contributed by atoms with Crippen LogP contribution in [0.25, 0.3) is 0 Å². The highest BCUT2D eigenvalue weighted by Crippen LogP contribution is 2.15. The van der Waals surface area contributed by atoms with Gasteiger partial charge in [-0.05, 0) is 35.7 Å². The molecule has 0 aliphatic rings. The zero-order valence-electron chi connectivity index (χ0n) is 12.2. The van der Waals surface area contributed by atoms with E-state index in [2.05, 4.69) is 43.0 Å². The minimum absolute atomic E-state index is 0.566. The first-order valence-electron chi connectivity index (χ1n) is 7.17. The Labute approximate surface area is 131 Å². The molecule has 0 amide bonds. The van der Waals surface area contributed by atoms with E-state index in [1.807, 2.05) is 24.3 Å². The Kier molecular flexibility index (Phi) is 6.19. The molecule has 0 aliphatic heterocycles. The summed E-state index contributed by atoms with van der Waals surface area (Å²) in [7, 11) is 0. The fourth-order valence-corrected chi connectivity index (χ4v) is 2.01. The first-order valence-corrected chi connectivity index (χ1v) is 7.71. The summed E-state index contributed by atoms with van der Waals surface area (Å²) in [6.07, 6.45) is 1.76. The lowest BCUT2D eigenvalue weighted by atomic mass is 10.1. The van der Waals surface area contributed by atoms with Crippen molar-refractivity contribution in [3.05, 3.63) is 65.2 Å². The zero-order valence-corrected chi connectivity index (χ0v) is 13.0. The third-order valence-electron chi connectivity index (χ3n) is 3.12. The summed E-state index contributed by atoms with van der Waals surface area (Å²) in [6, 6.07) is 16.4. The minimum atomic E-state index is 0.566. The van der Waals surface area contributed by atoms with Crippen LogP contribution in [0.4, 0.5) is 0 Å². The smallest absolute Gasteiger partial charge is 0.121 e. The average Bonchev–Trinajstić information content (AvgIpc) is 2.54. The van der Waals surface area contributed by atoms with Gasteiger partial charge in [-0.1, -0.05) is 49.1 Å². The van der Waals surface area contributed by atoms with E-state index < -0.39 is 0 Å². The molecule has 0 atom stereocenters. The number of ether oxygens (including phenoxy) is 1. The van der Waals surface area contributed by atoms with Crippen molar-refractivity contribution >= 4 is 11.6 Å². The number of hydrogen-bond acceptors (Lipinski definition) is 1. The zero-order chi connectivity index (χ0) is 14.9. The summed E-state index contributed by atoms with van der Waals surface area (Å²) >= 11 is 5.61. The number of hydrogen-bond donors (Lipinski definition) is 0. The van der Waals surface area contributed by atoms with Crippen molar-refractivity contribution in [2.45, 2.75) is 26.4 Å². The first-order chi connectivity index (χ1) is 10.3. The third kappa shape index (κ3) is 5.17. The van der Waals surface area contributed by atoms with E-state index in [-0.39, 0.29) is 0 Å². The predicted octanol–water partition coefficient (Wildman–Crippen LogP) is 4.81. The molecule has 21 heavy (non-hydrogen) atoms. The van der Waals surface area contributed by atoms with Crippen LogP contribution in [0.15, 0.2) is 48.5 Å². The molecule has 0 saturated heterocycles. The molecule has 0 N–H and O–H groups in total. The van der Waals surface area contributed by atoms with Gasteiger partial charge in [0.05, 0.1) is 0 Å². The molecule has 0 unspecified atom stereocenters. The van der Waals surface area contributed by atoms with Gasteiger partial charge in [0.2, 0.25) is 0 Å². The van der Waals surface area contributed by atoms with Gasteiger partial charge >= 0.3 is 0 Å². The monoisotopic (exact) mass is 298 g/mol. The van der Waals surface area contributed by atoms with Gasteiger partial charge in [-0.15, -0.1) is 11.6 Å². The van der Waals surface area contributed by atoms with E-state index in [4.69, 9.17) is 16.3 Å². The minimum Gasteiger partial charge on any atom is -0.489 e. The van der Waals surface area contributed by atoms with Gasteiger partial charge in [0.25, 0.3) is 0 Å². The lowest BCUT2D eigenvalue weighted by molar-refractivity contribution is 0.306. The fourth-order valence-electron chi connectivity index (χ4n) is 1.91. The van der Waals surface area contributed by atoms with Crippen molar-refractivity contribution in [2.24, 2.45) is 0 Å². The Morgan fingerprint density at radius 1 is 1.05 bits per heavy atom. The van der Waals surface area contributed by atoms with Crippen LogP contribution in [0, 0.1) is 11.8 Å². The highest BCUT2D eigenvalue weighted by molar-refractivity contribution is 6.18. The molecule has 0 fully saturated rings. The van der Waals surface area contributed by atoms with Crippen molar-refractivity contribution in [1.29, 1.82) is 0 Å². The lowest BCUT2D eigenvalue weighted by Crippen LogP contribution is -1.95. The van der Waals surface area contributed by atoms with Crippen molar-refractivity contribution in [1.82, 2.24) is 0 Å². The molecule has 0 spiro atoms. The topological polar surface area (TPSA) is 9.23 Å². The molecule has 0 bridgehead atoms. The second-order valence-electron chi connectivity index (χ2n) is 4.73. The molecule has 108 valence electrons. The molecule has 2 rings (SSSR count). The van der Waals surface area contributed by atoms with E-state index in [9.17, 15) is 0 Å². The number of aryl methyl sites for hydroxylation is 1. The van der Waals surface area contributed by atoms with E-state index in [1.165, 1.54) is 11.1 Å². The molecular formula is C19H19ClO. The van der Waals surface area contributed by atoms with Crippen LogP contribution in [-0.2, 0) is 13.0 Å². The van der Waals surface area contributed by atoms with Gasteiger partial charge in [-0.25, -0.2) is 0 Å². The van der Waals surface area contributed by atoms with Gasteiger partial charge in [0, 0.05) is 17.9 Å². The van der Waals surface area contributed by atoms with Crippen LogP contribution in [-0.4, -0.2) is 5.88 Å². The number of benzene rings is 2. The van der Waals surface area contributed by atoms with E-state index in [0.29, 0.717) is 18.9 Å². The summed E-state index contributed by atoms with van der Waals surface area (Å²) in [5.41, 5.74) is 3.47. The van der Waals surface area contributed by atoms with E-state index in [1.54, 1.807) is 0 Å². The molecule has 0 radical (unpaired) electrons. The maximum atomic E-state index is 5.82. The molecule has 2 aromatic carbocycles. The van der Waals surface area contributed by atoms with Crippen LogP contribution in [0.5, 0.6) is 5.75 Å². The van der Waals surface area contributed by atoms with Crippen LogP contribution >= 0.6 is 11.6 Å². The fraction of sp³-hybridized carbons (Fsp3) is 0.263. The molecule has 0 aliphatic carbocycles. The normalized spacial score (nSPS) is 9.81. The predicted molar refractivity (Wildman–Crippen MR) is 88.8 cm³/mol. The molecule has 0 saturated carbocycles. The Morgan fingerprint density at radius 3 is 2.52 bits per heavy atom. The summed E-state index contributed by atoms with van der Waals surface area (Å²) in [5, 5.41) is 0. The Balaban J connectivity index is 1.96. The van der Waals surface area contributed by atoms with Crippen LogP contribution < -0.4 is 4.74 Å². The highest BCUT2D eigenvalue weighted by atomic mass is 35.5. The van der Waals surface area contributed by atoms with Gasteiger partial charge in [-0.2, -0.15) is 0 Å². The SMILES string of the molecule is CCc1ccc(COc2cccc(C#CCCCl)c2)cc1. The van der Waals surface area contributed by atoms with E-state index in [0.717, 1.165) is 17.7 Å². The highest BCUT2D eigenvalue weighted by Gasteiger charge is 1.97. The number of rotatable bonds is 5. The standard InChI is InChI=1S/C19H19ClO/c1-2-16-9-11-18(12-10-16)15-21-19-8-5-7-17(14-19)6-3-4-13-20/h5,7-12,14H,2,4,13,15H2,1H3. The Hall–Kier alpha value is -1.91. The number of alkyl halides is 1. The second-order valence-corrected chi connectivity index (χ2v) is 5.11. The third-order valence-corrected chi connectivity index (χ3v) is 3.31. The van der Waals surface area contributed by atoms with Crippen molar-refractivity contribution in [2.75, 3.05) is 5.88 Å². The molecule has 0 heterocycles. The summed E-state index contributed by atoms with van der Waals surface area (Å²) in [4.78, 5) is 0. The Bertz CT molecular complexity index is 620. The molecule has 0 aromatic heterocycles. The van der Waals surface area contributed by atoms with Crippen LogP contribution in [0.3, 0.4) is 0 Å². The van der Waals surface area contributed by atoms with Crippen LogP contribution in [0.2, 0.25) is 0 Å². The van der Waals surface area contributed by atoms with E-state index >= 15 is 0 Å². The first kappa shape index (κ1) is 15.5. The van der Waals surface area contributed by atoms with Crippen molar-refractivity contribution in [3.8, 4) is 17.6 Å². The quantitative estimate of drug-likeness (QED) is 0.568. The van der Waals surface area contributed by atoms with Gasteiger partial charge in [0.15, 0.2) is 0 Å². The van der Waals surface area contributed by atoms with Crippen molar-refractivity contribution in [3.63, 3.8) is 0 Å². The summed E-state index contributed by atoms with van der Waals surface area (Å²) in [5.74, 6) is 7.52. The van der Waals surface area contributed by atoms with Gasteiger partial charge < -0.3 is 4.74 Å². The molecule has 2 aromatic rings. The largest absolute Gasteiger partial charge is 0.489 e. The van der Waals surface area contributed by atoms with Crippen LogP contribution in [0.1, 0.15) is 30.0 Å². The van der Waals surface area contributed by atoms with Crippen molar-refractivity contribution < 1.29 is 4.74 Å². The molecular weight excluding hydrogens is 280 g/mol. The maximum absolute atomic E-state index is 5.82. The second kappa shape index (κ2) is 8.39. The Morgan fingerprint density at radius 2 is 1.81 bits per heavy atom. The molecule has 1 nitrogen and oxygen atoms in total. The van der Waals surface area contributed by atoms with Gasteiger partial charge in [-0.3, -0.25) is 0 Å². The lowest BCUT2D eigenvalue weighted by Gasteiger charge is -2.07. The summed E-state index contributed by atoms with van der Waals surface area (Å²) < 4.78 is 5.82. The number of halogens is 1. The average molecular weight is 299 g/mol. The van der Waals surface area contributed by atoms with Gasteiger partial charge in [0.1, 0.15) is 12.4 Å².